The first-order chi connectivity index (χ1) is 15.0. The van der Waals surface area contributed by atoms with Crippen LogP contribution in [0, 0.1) is 0 Å². The minimum atomic E-state index is -3.16. The van der Waals surface area contributed by atoms with Crippen molar-refractivity contribution >= 4 is 17.6 Å². The molecule has 188 valence electrons. The summed E-state index contributed by atoms with van der Waals surface area (Å²) in [4.78, 5) is 0. The Bertz CT molecular complexity index is 362. The van der Waals surface area contributed by atoms with Gasteiger partial charge < -0.3 is 26.6 Å². The van der Waals surface area contributed by atoms with E-state index in [1.807, 2.05) is 0 Å². The summed E-state index contributed by atoms with van der Waals surface area (Å²) in [7, 11) is 3.83. The van der Waals surface area contributed by atoms with Crippen molar-refractivity contribution in [3.05, 3.63) is 0 Å². The van der Waals surface area contributed by atoms with Crippen LogP contribution in [0.25, 0.3) is 0 Å². The second-order valence-electron chi connectivity index (χ2n) is 8.45. The normalized spacial score (nSPS) is 13.2. The standard InChI is InChI=1S/C23H52O6Si2/c1-9-11-13-15-17-19-21-23(30(24-3,25-4)26-5,31(27-6,28-7)29-8)22-20-18-16-14-12-10-2/h9-22H2,1-8H3. The Morgan fingerprint density at radius 1 is 0.419 bits per heavy atom. The van der Waals surface area contributed by atoms with Crippen LogP contribution < -0.4 is 0 Å². The van der Waals surface area contributed by atoms with Crippen LogP contribution in [0.4, 0.5) is 0 Å². The second-order valence-corrected chi connectivity index (χ2v) is 15.5. The summed E-state index contributed by atoms with van der Waals surface area (Å²) in [6, 6.07) is 0. The molecule has 0 bridgehead atoms. The molecule has 0 saturated heterocycles. The van der Waals surface area contributed by atoms with Crippen LogP contribution in [0.5, 0.6) is 0 Å². The summed E-state index contributed by atoms with van der Waals surface area (Å²) in [6.07, 6.45) is 16.3. The van der Waals surface area contributed by atoms with Crippen LogP contribution in [-0.4, -0.2) is 60.3 Å². The molecule has 6 nitrogen and oxygen atoms in total. The molecule has 0 fully saturated rings. The largest absolute Gasteiger partial charge is 0.511 e. The van der Waals surface area contributed by atoms with Gasteiger partial charge in [0.05, 0.1) is 0 Å². The second kappa shape index (κ2) is 17.6. The van der Waals surface area contributed by atoms with Crippen molar-refractivity contribution in [1.82, 2.24) is 0 Å². The van der Waals surface area contributed by atoms with Crippen molar-refractivity contribution in [2.75, 3.05) is 42.7 Å². The fourth-order valence-corrected chi connectivity index (χ4v) is 13.6. The van der Waals surface area contributed by atoms with Crippen LogP contribution >= 0.6 is 0 Å². The molecule has 0 aromatic carbocycles. The van der Waals surface area contributed by atoms with Gasteiger partial charge in [-0.15, -0.1) is 0 Å². The maximum Gasteiger partial charge on any atom is 0.511 e. The van der Waals surface area contributed by atoms with Crippen molar-refractivity contribution in [3.8, 4) is 0 Å². The maximum atomic E-state index is 6.09. The van der Waals surface area contributed by atoms with Gasteiger partial charge in [0.15, 0.2) is 0 Å². The predicted molar refractivity (Wildman–Crippen MR) is 132 cm³/mol. The Labute approximate surface area is 195 Å². The van der Waals surface area contributed by atoms with Gasteiger partial charge in [0.25, 0.3) is 0 Å². The molecule has 0 aromatic heterocycles. The zero-order valence-electron chi connectivity index (χ0n) is 21.8. The highest BCUT2D eigenvalue weighted by atomic mass is 28.5. The molecule has 0 aliphatic heterocycles. The van der Waals surface area contributed by atoms with E-state index in [9.17, 15) is 0 Å². The average molecular weight is 481 g/mol. The average Bonchev–Trinajstić information content (AvgIpc) is 2.81. The summed E-state index contributed by atoms with van der Waals surface area (Å²) in [5, 5.41) is 0. The van der Waals surface area contributed by atoms with E-state index in [1.165, 1.54) is 64.2 Å². The first kappa shape index (κ1) is 31.2. The summed E-state index contributed by atoms with van der Waals surface area (Å²) in [5.74, 6) is 0. The van der Waals surface area contributed by atoms with Crippen molar-refractivity contribution in [2.45, 2.75) is 108 Å². The number of rotatable bonds is 22. The monoisotopic (exact) mass is 480 g/mol. The molecule has 0 aliphatic rings. The molecule has 0 N–H and O–H groups in total. The lowest BCUT2D eigenvalue weighted by molar-refractivity contribution is 0.0468. The third-order valence-electron chi connectivity index (χ3n) is 6.70. The molecule has 0 radical (unpaired) electrons. The Balaban J connectivity index is 5.86. The molecule has 0 atom stereocenters. The van der Waals surface area contributed by atoms with Gasteiger partial charge >= 0.3 is 17.6 Å². The highest BCUT2D eigenvalue weighted by molar-refractivity contribution is 6.85. The summed E-state index contributed by atoms with van der Waals surface area (Å²) >= 11 is 0. The van der Waals surface area contributed by atoms with Crippen LogP contribution in [-0.2, 0) is 26.6 Å². The lowest BCUT2D eigenvalue weighted by Gasteiger charge is -2.50. The predicted octanol–water partition coefficient (Wildman–Crippen LogP) is 6.52. The number of hydrogen-bond donors (Lipinski definition) is 0. The quantitative estimate of drug-likeness (QED) is 0.130. The smallest absolute Gasteiger partial charge is 0.377 e. The molecular weight excluding hydrogens is 428 g/mol. The van der Waals surface area contributed by atoms with Crippen molar-refractivity contribution in [3.63, 3.8) is 0 Å². The van der Waals surface area contributed by atoms with Gasteiger partial charge in [-0.25, -0.2) is 0 Å². The molecule has 0 spiro atoms. The van der Waals surface area contributed by atoms with Crippen molar-refractivity contribution < 1.29 is 26.6 Å². The molecule has 0 rings (SSSR count). The van der Waals surface area contributed by atoms with E-state index in [0.29, 0.717) is 0 Å². The molecular formula is C23H52O6Si2. The zero-order chi connectivity index (χ0) is 23.6. The highest BCUT2D eigenvalue weighted by Gasteiger charge is 2.74. The molecule has 0 heterocycles. The van der Waals surface area contributed by atoms with Gasteiger partial charge in [-0.2, -0.15) is 0 Å². The lowest BCUT2D eigenvalue weighted by atomic mass is 10.0. The molecule has 31 heavy (non-hydrogen) atoms. The third kappa shape index (κ3) is 8.17. The Morgan fingerprint density at radius 2 is 0.677 bits per heavy atom. The Morgan fingerprint density at radius 3 is 0.935 bits per heavy atom. The molecule has 0 aliphatic carbocycles. The zero-order valence-corrected chi connectivity index (χ0v) is 23.8. The SMILES string of the molecule is CCCCCCCCC(CCCCCCCC)([Si](OC)(OC)OC)[Si](OC)(OC)OC. The van der Waals surface area contributed by atoms with E-state index >= 15 is 0 Å². The lowest BCUT2D eigenvalue weighted by Crippen LogP contribution is -2.69. The molecule has 0 aromatic rings. The van der Waals surface area contributed by atoms with E-state index in [2.05, 4.69) is 13.8 Å². The van der Waals surface area contributed by atoms with Gasteiger partial charge in [0.2, 0.25) is 0 Å². The first-order valence-corrected chi connectivity index (χ1v) is 15.7. The summed E-state index contributed by atoms with van der Waals surface area (Å²) in [5.41, 5.74) is 0. The Kier molecular flexibility index (Phi) is 17.8. The van der Waals surface area contributed by atoms with E-state index in [-0.39, 0.29) is 0 Å². The Hall–Kier alpha value is 0.194. The van der Waals surface area contributed by atoms with E-state index in [4.69, 9.17) is 26.6 Å². The summed E-state index contributed by atoms with van der Waals surface area (Å²) in [6.45, 7) is 4.49. The molecule has 8 heteroatoms. The highest BCUT2D eigenvalue weighted by Crippen LogP contribution is 2.56. The maximum absolute atomic E-state index is 6.09. The fourth-order valence-electron chi connectivity index (χ4n) is 5.01. The third-order valence-corrected chi connectivity index (χ3v) is 15.1. The molecule has 0 unspecified atom stereocenters. The number of unbranched alkanes of at least 4 members (excludes halogenated alkanes) is 10. The van der Waals surface area contributed by atoms with E-state index in [1.54, 1.807) is 42.7 Å². The van der Waals surface area contributed by atoms with Gasteiger partial charge in [-0.05, 0) is 12.8 Å². The molecule has 0 saturated carbocycles. The van der Waals surface area contributed by atoms with Crippen LogP contribution in [0.15, 0.2) is 0 Å². The van der Waals surface area contributed by atoms with Gasteiger partial charge in [0, 0.05) is 42.7 Å². The van der Waals surface area contributed by atoms with E-state index in [0.717, 1.165) is 25.7 Å². The fraction of sp³-hybridized carbons (Fsp3) is 1.00. The van der Waals surface area contributed by atoms with Gasteiger partial charge in [0.1, 0.15) is 4.66 Å². The van der Waals surface area contributed by atoms with Crippen LogP contribution in [0.1, 0.15) is 104 Å². The van der Waals surface area contributed by atoms with Crippen LogP contribution in [0.3, 0.4) is 0 Å². The van der Waals surface area contributed by atoms with Crippen molar-refractivity contribution in [2.24, 2.45) is 0 Å². The summed E-state index contributed by atoms with van der Waals surface area (Å²) < 4.78 is 36.0. The number of hydrogen-bond acceptors (Lipinski definition) is 6. The van der Waals surface area contributed by atoms with E-state index < -0.39 is 22.3 Å². The molecule has 0 amide bonds. The minimum absolute atomic E-state index is 0.536. The topological polar surface area (TPSA) is 55.4 Å². The minimum Gasteiger partial charge on any atom is -0.377 e. The first-order valence-electron chi connectivity index (χ1n) is 12.3. The van der Waals surface area contributed by atoms with Crippen LogP contribution in [0.2, 0.25) is 4.66 Å². The van der Waals surface area contributed by atoms with Gasteiger partial charge in [-0.1, -0.05) is 90.9 Å². The van der Waals surface area contributed by atoms with Crippen molar-refractivity contribution in [1.29, 1.82) is 0 Å². The van der Waals surface area contributed by atoms with Gasteiger partial charge in [-0.3, -0.25) is 0 Å².